The summed E-state index contributed by atoms with van der Waals surface area (Å²) in [4.78, 5) is 11.3. The number of aromatic nitrogens is 1. The predicted octanol–water partition coefficient (Wildman–Crippen LogP) is 1.22. The van der Waals surface area contributed by atoms with Crippen molar-refractivity contribution in [2.75, 3.05) is 5.75 Å². The van der Waals surface area contributed by atoms with Crippen LogP contribution in [0.1, 0.15) is 24.8 Å². The number of carboxylic acid groups (broad SMARTS) is 1. The quantitative estimate of drug-likeness (QED) is 0.890. The molecular formula is C11H16N2O5S2. The molecule has 2 unspecified atom stereocenters. The second-order valence-corrected chi connectivity index (χ2v) is 7.53. The molecule has 112 valence electrons. The van der Waals surface area contributed by atoms with Crippen molar-refractivity contribution in [1.82, 2.24) is 9.46 Å². The maximum absolute atomic E-state index is 12.8. The molecule has 1 aliphatic rings. The fraction of sp³-hybridized carbons (Fsp3) is 0.636. The van der Waals surface area contributed by atoms with Gasteiger partial charge in [0.15, 0.2) is 5.76 Å². The predicted molar refractivity (Wildman–Crippen MR) is 73.0 cm³/mol. The summed E-state index contributed by atoms with van der Waals surface area (Å²) in [5.74, 6) is -0.710. The second kappa shape index (κ2) is 5.38. The highest BCUT2D eigenvalue weighted by Gasteiger charge is 2.47. The first-order valence-electron chi connectivity index (χ1n) is 6.11. The molecule has 0 radical (unpaired) electrons. The van der Waals surface area contributed by atoms with Crippen molar-refractivity contribution >= 4 is 27.8 Å². The molecular weight excluding hydrogens is 304 g/mol. The van der Waals surface area contributed by atoms with Gasteiger partial charge in [-0.1, -0.05) is 12.1 Å². The Bertz CT molecular complexity index is 605. The van der Waals surface area contributed by atoms with Gasteiger partial charge in [0.1, 0.15) is 16.6 Å². The molecule has 20 heavy (non-hydrogen) atoms. The number of hydrogen-bond acceptors (Lipinski definition) is 6. The lowest BCUT2D eigenvalue weighted by Gasteiger charge is -2.25. The van der Waals surface area contributed by atoms with Crippen LogP contribution in [0.5, 0.6) is 0 Å². The largest absolute Gasteiger partial charge is 0.480 e. The summed E-state index contributed by atoms with van der Waals surface area (Å²) in [5.41, 5.74) is 0.249. The van der Waals surface area contributed by atoms with Crippen LogP contribution in [0, 0.1) is 13.8 Å². The van der Waals surface area contributed by atoms with E-state index < -0.39 is 22.0 Å². The number of hydrogen-bond donors (Lipinski definition) is 1. The minimum atomic E-state index is -3.94. The third kappa shape index (κ3) is 2.33. The zero-order valence-corrected chi connectivity index (χ0v) is 13.0. The Labute approximate surface area is 121 Å². The monoisotopic (exact) mass is 320 g/mol. The van der Waals surface area contributed by atoms with Gasteiger partial charge < -0.3 is 9.63 Å². The van der Waals surface area contributed by atoms with Crippen LogP contribution in [0.4, 0.5) is 0 Å². The molecule has 0 aliphatic carbocycles. The van der Waals surface area contributed by atoms with Crippen molar-refractivity contribution in [3.8, 4) is 0 Å². The van der Waals surface area contributed by atoms with E-state index in [0.29, 0.717) is 6.42 Å². The van der Waals surface area contributed by atoms with E-state index in [2.05, 4.69) is 5.16 Å². The summed E-state index contributed by atoms with van der Waals surface area (Å²) in [6.07, 6.45) is 0.539. The van der Waals surface area contributed by atoms with Crippen LogP contribution in [-0.2, 0) is 14.8 Å². The summed E-state index contributed by atoms with van der Waals surface area (Å²) in [7, 11) is -3.94. The van der Waals surface area contributed by atoms with Gasteiger partial charge in [0.2, 0.25) is 10.0 Å². The van der Waals surface area contributed by atoms with Crippen molar-refractivity contribution in [2.45, 2.75) is 43.5 Å². The summed E-state index contributed by atoms with van der Waals surface area (Å²) >= 11 is 1.34. The topological polar surface area (TPSA) is 101 Å². The molecule has 1 aromatic rings. The van der Waals surface area contributed by atoms with Gasteiger partial charge in [0, 0.05) is 5.75 Å². The van der Waals surface area contributed by atoms with Gasteiger partial charge >= 0.3 is 5.97 Å². The maximum atomic E-state index is 12.8. The van der Waals surface area contributed by atoms with Gasteiger partial charge in [-0.15, -0.1) is 11.8 Å². The SMILES string of the molecule is CCC1SCC(C(=O)O)N1S(=O)(=O)c1c(C)noc1C. The molecule has 2 rings (SSSR count). The van der Waals surface area contributed by atoms with Crippen molar-refractivity contribution in [3.63, 3.8) is 0 Å². The molecule has 1 aromatic heterocycles. The fourth-order valence-corrected chi connectivity index (χ4v) is 6.13. The average molecular weight is 320 g/mol. The summed E-state index contributed by atoms with van der Waals surface area (Å²) in [6, 6.07) is -1.05. The Morgan fingerprint density at radius 3 is 2.65 bits per heavy atom. The van der Waals surface area contributed by atoms with Crippen molar-refractivity contribution in [3.05, 3.63) is 11.5 Å². The number of carbonyl (C=O) groups is 1. The molecule has 0 saturated carbocycles. The average Bonchev–Trinajstić information content (AvgIpc) is 2.93. The lowest BCUT2D eigenvalue weighted by Crippen LogP contribution is -2.45. The van der Waals surface area contributed by atoms with Crippen LogP contribution >= 0.6 is 11.8 Å². The van der Waals surface area contributed by atoms with Crippen LogP contribution < -0.4 is 0 Å². The lowest BCUT2D eigenvalue weighted by atomic mass is 10.3. The van der Waals surface area contributed by atoms with E-state index in [9.17, 15) is 18.3 Å². The fourth-order valence-electron chi connectivity index (χ4n) is 2.30. The molecule has 0 amide bonds. The van der Waals surface area contributed by atoms with Gasteiger partial charge in [0.05, 0.1) is 5.37 Å². The van der Waals surface area contributed by atoms with Crippen LogP contribution in [-0.4, -0.2) is 46.1 Å². The molecule has 0 bridgehead atoms. The first-order valence-corrected chi connectivity index (χ1v) is 8.60. The van der Waals surface area contributed by atoms with Crippen LogP contribution in [0.25, 0.3) is 0 Å². The molecule has 1 saturated heterocycles. The third-order valence-corrected chi connectivity index (χ3v) is 6.92. The Balaban J connectivity index is 2.53. The molecule has 7 nitrogen and oxygen atoms in total. The number of aryl methyl sites for hydroxylation is 2. The van der Waals surface area contributed by atoms with Gasteiger partial charge in [-0.25, -0.2) is 8.42 Å². The number of nitrogens with zero attached hydrogens (tertiary/aromatic N) is 2. The van der Waals surface area contributed by atoms with E-state index in [1.807, 2.05) is 6.92 Å². The molecule has 1 aliphatic heterocycles. The molecule has 0 spiro atoms. The van der Waals surface area contributed by atoms with Crippen molar-refractivity contribution in [1.29, 1.82) is 0 Å². The minimum Gasteiger partial charge on any atom is -0.480 e. The van der Waals surface area contributed by atoms with Crippen LogP contribution in [0.2, 0.25) is 0 Å². The highest BCUT2D eigenvalue weighted by molar-refractivity contribution is 8.01. The number of rotatable bonds is 4. The van der Waals surface area contributed by atoms with Gasteiger partial charge in [-0.3, -0.25) is 4.79 Å². The number of sulfonamides is 1. The van der Waals surface area contributed by atoms with Crippen molar-refractivity contribution < 1.29 is 22.8 Å². The first kappa shape index (κ1) is 15.3. The molecule has 2 heterocycles. The Morgan fingerprint density at radius 2 is 2.20 bits per heavy atom. The maximum Gasteiger partial charge on any atom is 0.322 e. The highest BCUT2D eigenvalue weighted by atomic mass is 32.2. The van der Waals surface area contributed by atoms with Gasteiger partial charge in [-0.05, 0) is 20.3 Å². The van der Waals surface area contributed by atoms with E-state index in [0.717, 1.165) is 4.31 Å². The van der Waals surface area contributed by atoms with E-state index in [-0.39, 0.29) is 27.5 Å². The molecule has 9 heteroatoms. The zero-order valence-electron chi connectivity index (χ0n) is 11.4. The second-order valence-electron chi connectivity index (χ2n) is 4.54. The first-order chi connectivity index (χ1) is 9.30. The van der Waals surface area contributed by atoms with Gasteiger partial charge in [-0.2, -0.15) is 4.31 Å². The zero-order chi connectivity index (χ0) is 15.1. The normalized spacial score (nSPS) is 24.1. The molecule has 2 atom stereocenters. The Hall–Kier alpha value is -1.06. The number of carboxylic acids is 1. The lowest BCUT2D eigenvalue weighted by molar-refractivity contribution is -0.140. The number of aliphatic carboxylic acids is 1. The minimum absolute atomic E-state index is 0.0234. The van der Waals surface area contributed by atoms with Crippen LogP contribution in [0.3, 0.4) is 0 Å². The third-order valence-electron chi connectivity index (χ3n) is 3.18. The van der Waals surface area contributed by atoms with Crippen LogP contribution in [0.15, 0.2) is 9.42 Å². The number of thioether (sulfide) groups is 1. The van der Waals surface area contributed by atoms with E-state index >= 15 is 0 Å². The molecule has 1 fully saturated rings. The Morgan fingerprint density at radius 1 is 1.55 bits per heavy atom. The Kier molecular flexibility index (Phi) is 4.12. The molecule has 0 aromatic carbocycles. The highest BCUT2D eigenvalue weighted by Crippen LogP contribution is 2.37. The molecule has 1 N–H and O–H groups in total. The van der Waals surface area contributed by atoms with Crippen molar-refractivity contribution in [2.24, 2.45) is 0 Å². The smallest absolute Gasteiger partial charge is 0.322 e. The summed E-state index contributed by atoms with van der Waals surface area (Å²) in [6.45, 7) is 4.87. The standard InChI is InChI=1S/C11H16N2O5S2/c1-4-9-13(8(5-19-9)11(14)15)20(16,17)10-6(2)12-18-7(10)3/h8-9H,4-5H2,1-3H3,(H,14,15). The van der Waals surface area contributed by atoms with E-state index in [1.165, 1.54) is 25.6 Å². The summed E-state index contributed by atoms with van der Waals surface area (Å²) < 4.78 is 31.5. The van der Waals surface area contributed by atoms with Gasteiger partial charge in [0.25, 0.3) is 0 Å². The van der Waals surface area contributed by atoms with E-state index in [1.54, 1.807) is 0 Å². The summed E-state index contributed by atoms with van der Waals surface area (Å²) in [5, 5.41) is 12.5. The van der Waals surface area contributed by atoms with E-state index in [4.69, 9.17) is 4.52 Å².